The number of nitrogens with one attached hydrogen (secondary N) is 1. The van der Waals surface area contributed by atoms with Gasteiger partial charge in [-0.25, -0.2) is 5.01 Å². The van der Waals surface area contributed by atoms with E-state index in [0.717, 1.165) is 5.69 Å². The molecular weight excluding hydrogens is 353 g/mol. The van der Waals surface area contributed by atoms with Gasteiger partial charge in [-0.15, -0.1) is 0 Å². The van der Waals surface area contributed by atoms with Gasteiger partial charge >= 0.3 is 6.08 Å². The molecule has 0 unspecified atom stereocenters. The van der Waals surface area contributed by atoms with Gasteiger partial charge in [0.05, 0.1) is 22.8 Å². The average molecular weight is 366 g/mol. The highest BCUT2D eigenvalue weighted by atomic mass is 35.5. The highest BCUT2D eigenvalue weighted by Crippen LogP contribution is 2.24. The lowest BCUT2D eigenvalue weighted by atomic mass is 10.2. The first-order valence-electron chi connectivity index (χ1n) is 6.96. The standard InChI is InChI=1S/C16H13Cl2N3O3/c1-23-16-20-21(9-24-16)12-5-3-11(4-6-12)19-15(22)10-2-7-13(17)14(18)8-10/h2-8H,9H2,1H3,(H,19,22). The summed E-state index contributed by atoms with van der Waals surface area (Å²) < 4.78 is 10.1. The zero-order valence-corrected chi connectivity index (χ0v) is 14.1. The molecule has 0 saturated carbocycles. The Morgan fingerprint density at radius 1 is 1.21 bits per heavy atom. The molecule has 0 atom stereocenters. The van der Waals surface area contributed by atoms with E-state index in [0.29, 0.717) is 21.3 Å². The zero-order valence-electron chi connectivity index (χ0n) is 12.6. The van der Waals surface area contributed by atoms with Crippen LogP contribution < -0.4 is 10.3 Å². The first-order valence-corrected chi connectivity index (χ1v) is 7.72. The fraction of sp³-hybridized carbons (Fsp3) is 0.125. The maximum absolute atomic E-state index is 12.2. The molecule has 1 aliphatic rings. The number of halogens is 2. The van der Waals surface area contributed by atoms with E-state index in [-0.39, 0.29) is 18.7 Å². The summed E-state index contributed by atoms with van der Waals surface area (Å²) in [5, 5.41) is 9.30. The maximum atomic E-state index is 12.2. The van der Waals surface area contributed by atoms with E-state index in [1.54, 1.807) is 29.3 Å². The lowest BCUT2D eigenvalue weighted by Gasteiger charge is -2.12. The number of carbonyl (C=O) groups is 1. The Balaban J connectivity index is 1.69. The van der Waals surface area contributed by atoms with Gasteiger partial charge in [-0.2, -0.15) is 0 Å². The Hall–Kier alpha value is -2.44. The molecule has 0 fully saturated rings. The predicted molar refractivity (Wildman–Crippen MR) is 93.7 cm³/mol. The Bertz CT molecular complexity index is 794. The molecule has 6 nitrogen and oxygen atoms in total. The number of amides is 1. The molecular formula is C16H13Cl2N3O3. The molecule has 124 valence electrons. The van der Waals surface area contributed by atoms with Crippen molar-refractivity contribution in [2.75, 3.05) is 24.2 Å². The predicted octanol–water partition coefficient (Wildman–Crippen LogP) is 3.96. The third-order valence-corrected chi connectivity index (χ3v) is 4.03. The number of hydrazone groups is 1. The third-order valence-electron chi connectivity index (χ3n) is 3.29. The lowest BCUT2D eigenvalue weighted by molar-refractivity contribution is 0.102. The Labute approximate surface area is 148 Å². The zero-order chi connectivity index (χ0) is 17.1. The van der Waals surface area contributed by atoms with Crippen molar-refractivity contribution >= 4 is 46.6 Å². The van der Waals surface area contributed by atoms with E-state index in [2.05, 4.69) is 10.4 Å². The molecule has 0 bridgehead atoms. The van der Waals surface area contributed by atoms with Gasteiger partial charge < -0.3 is 14.8 Å². The number of benzene rings is 2. The summed E-state index contributed by atoms with van der Waals surface area (Å²) in [7, 11) is 1.49. The minimum absolute atomic E-state index is 0.215. The fourth-order valence-electron chi connectivity index (χ4n) is 2.06. The summed E-state index contributed by atoms with van der Waals surface area (Å²) in [4.78, 5) is 12.2. The number of rotatable bonds is 3. The number of anilines is 2. The van der Waals surface area contributed by atoms with Crippen LogP contribution in [0.4, 0.5) is 11.4 Å². The molecule has 2 aromatic carbocycles. The number of carbonyl (C=O) groups excluding carboxylic acids is 1. The van der Waals surface area contributed by atoms with Gasteiger partial charge in [-0.05, 0) is 42.5 Å². The van der Waals surface area contributed by atoms with Crippen molar-refractivity contribution in [3.05, 3.63) is 58.1 Å². The number of ether oxygens (including phenoxy) is 2. The maximum Gasteiger partial charge on any atom is 0.407 e. The van der Waals surface area contributed by atoms with E-state index in [1.165, 1.54) is 13.2 Å². The lowest BCUT2D eigenvalue weighted by Crippen LogP contribution is -2.14. The average Bonchev–Trinajstić information content (AvgIpc) is 3.07. The molecule has 1 amide bonds. The molecule has 1 N–H and O–H groups in total. The molecule has 1 heterocycles. The van der Waals surface area contributed by atoms with Crippen molar-refractivity contribution in [1.82, 2.24) is 0 Å². The van der Waals surface area contributed by atoms with Gasteiger partial charge in [0, 0.05) is 11.3 Å². The van der Waals surface area contributed by atoms with Gasteiger partial charge in [0.25, 0.3) is 5.91 Å². The van der Waals surface area contributed by atoms with Crippen LogP contribution in [0.5, 0.6) is 0 Å². The van der Waals surface area contributed by atoms with E-state index in [9.17, 15) is 4.79 Å². The van der Waals surface area contributed by atoms with E-state index in [1.807, 2.05) is 12.1 Å². The van der Waals surface area contributed by atoms with Crippen molar-refractivity contribution in [3.63, 3.8) is 0 Å². The summed E-state index contributed by atoms with van der Waals surface area (Å²) in [5.41, 5.74) is 1.89. The quantitative estimate of drug-likeness (QED) is 0.893. The largest absolute Gasteiger partial charge is 0.453 e. The van der Waals surface area contributed by atoms with Crippen LogP contribution in [-0.2, 0) is 9.47 Å². The Morgan fingerprint density at radius 2 is 1.96 bits per heavy atom. The number of hydrogen-bond donors (Lipinski definition) is 1. The van der Waals surface area contributed by atoms with Crippen LogP contribution in [0.2, 0.25) is 10.0 Å². The molecule has 1 aliphatic heterocycles. The van der Waals surface area contributed by atoms with Crippen LogP contribution in [0.1, 0.15) is 10.4 Å². The van der Waals surface area contributed by atoms with E-state index in [4.69, 9.17) is 32.7 Å². The number of nitrogens with zero attached hydrogens (tertiary/aromatic N) is 2. The monoisotopic (exact) mass is 365 g/mol. The SMILES string of the molecule is COC1=NN(c2ccc(NC(=O)c3ccc(Cl)c(Cl)c3)cc2)CO1. The van der Waals surface area contributed by atoms with Gasteiger partial charge in [0.2, 0.25) is 0 Å². The molecule has 3 rings (SSSR count). The van der Waals surface area contributed by atoms with Crippen LogP contribution in [0.15, 0.2) is 47.6 Å². The summed E-state index contributed by atoms with van der Waals surface area (Å²) in [6.45, 7) is 0.276. The molecule has 0 spiro atoms. The smallest absolute Gasteiger partial charge is 0.407 e. The van der Waals surface area contributed by atoms with E-state index >= 15 is 0 Å². The Kier molecular flexibility index (Phi) is 4.78. The third kappa shape index (κ3) is 3.55. The fourth-order valence-corrected chi connectivity index (χ4v) is 2.36. The van der Waals surface area contributed by atoms with Crippen LogP contribution in [0, 0.1) is 0 Å². The van der Waals surface area contributed by atoms with Crippen LogP contribution >= 0.6 is 23.2 Å². The summed E-state index contributed by atoms with van der Waals surface area (Å²) in [5.74, 6) is -0.273. The van der Waals surface area contributed by atoms with Crippen molar-refractivity contribution in [2.24, 2.45) is 5.10 Å². The minimum atomic E-state index is -0.273. The van der Waals surface area contributed by atoms with E-state index < -0.39 is 0 Å². The summed E-state index contributed by atoms with van der Waals surface area (Å²) >= 11 is 11.8. The highest BCUT2D eigenvalue weighted by molar-refractivity contribution is 6.42. The molecule has 8 heteroatoms. The second kappa shape index (κ2) is 6.98. The van der Waals surface area contributed by atoms with Gasteiger partial charge in [-0.3, -0.25) is 4.79 Å². The van der Waals surface area contributed by atoms with Crippen LogP contribution in [0.25, 0.3) is 0 Å². The first-order chi connectivity index (χ1) is 11.6. The second-order valence-electron chi connectivity index (χ2n) is 4.87. The molecule has 0 saturated heterocycles. The number of methoxy groups -OCH3 is 1. The van der Waals surface area contributed by atoms with Gasteiger partial charge in [-0.1, -0.05) is 28.3 Å². The van der Waals surface area contributed by atoms with Crippen LogP contribution in [0.3, 0.4) is 0 Å². The molecule has 2 aromatic rings. The normalized spacial score (nSPS) is 13.3. The summed E-state index contributed by atoms with van der Waals surface area (Å²) in [6.07, 6.45) is 0.215. The van der Waals surface area contributed by atoms with Crippen molar-refractivity contribution in [3.8, 4) is 0 Å². The Morgan fingerprint density at radius 3 is 2.58 bits per heavy atom. The molecule has 0 radical (unpaired) electrons. The first kappa shape index (κ1) is 16.4. The molecule has 0 aliphatic carbocycles. The molecule has 24 heavy (non-hydrogen) atoms. The van der Waals surface area contributed by atoms with Crippen molar-refractivity contribution in [2.45, 2.75) is 0 Å². The van der Waals surface area contributed by atoms with Crippen molar-refractivity contribution in [1.29, 1.82) is 0 Å². The van der Waals surface area contributed by atoms with Gasteiger partial charge in [0.15, 0.2) is 6.73 Å². The van der Waals surface area contributed by atoms with Crippen LogP contribution in [-0.4, -0.2) is 25.8 Å². The topological polar surface area (TPSA) is 63.2 Å². The highest BCUT2D eigenvalue weighted by Gasteiger charge is 2.17. The van der Waals surface area contributed by atoms with Crippen molar-refractivity contribution < 1.29 is 14.3 Å². The number of hydrogen-bond acceptors (Lipinski definition) is 5. The van der Waals surface area contributed by atoms with Gasteiger partial charge in [0.1, 0.15) is 0 Å². The minimum Gasteiger partial charge on any atom is -0.453 e. The second-order valence-corrected chi connectivity index (χ2v) is 5.69. The summed E-state index contributed by atoms with van der Waals surface area (Å²) in [6, 6.07) is 11.9. The molecule has 0 aromatic heterocycles.